The second-order valence-corrected chi connectivity index (χ2v) is 6.68. The first kappa shape index (κ1) is 14.9. The number of hydrogen-bond acceptors (Lipinski definition) is 3. The lowest BCUT2D eigenvalue weighted by molar-refractivity contribution is 0.0231. The molecule has 0 bridgehead atoms. The molecule has 0 aromatic heterocycles. The molecule has 0 aliphatic carbocycles. The lowest BCUT2D eigenvalue weighted by Crippen LogP contribution is -2.37. The molecule has 0 radical (unpaired) electrons. The van der Waals surface area contributed by atoms with Gasteiger partial charge in [-0.2, -0.15) is 0 Å². The normalized spacial score (nSPS) is 20.2. The molecule has 3 heteroatoms. The van der Waals surface area contributed by atoms with E-state index in [2.05, 4.69) is 49.7 Å². The van der Waals surface area contributed by atoms with Gasteiger partial charge in [-0.25, -0.2) is 0 Å². The summed E-state index contributed by atoms with van der Waals surface area (Å²) in [7, 11) is 0. The Morgan fingerprint density at radius 1 is 1.26 bits per heavy atom. The molecule has 1 aromatic carbocycles. The molecule has 1 aliphatic rings. The topological polar surface area (TPSA) is 21.3 Å². The molecule has 2 rings (SSSR count). The molecular formula is C16H25NOS. The van der Waals surface area contributed by atoms with Crippen LogP contribution in [0.25, 0.3) is 0 Å². The minimum atomic E-state index is 0.395. The van der Waals surface area contributed by atoms with E-state index in [4.69, 9.17) is 4.74 Å². The van der Waals surface area contributed by atoms with Crippen LogP contribution >= 0.6 is 11.8 Å². The van der Waals surface area contributed by atoms with Crippen LogP contribution in [-0.4, -0.2) is 26.0 Å². The summed E-state index contributed by atoms with van der Waals surface area (Å²) < 4.78 is 5.45. The monoisotopic (exact) mass is 279 g/mol. The third-order valence-electron chi connectivity index (χ3n) is 4.15. The second-order valence-electron chi connectivity index (χ2n) is 5.80. The van der Waals surface area contributed by atoms with E-state index in [0.717, 1.165) is 32.6 Å². The van der Waals surface area contributed by atoms with Crippen molar-refractivity contribution in [2.75, 3.05) is 26.0 Å². The van der Waals surface area contributed by atoms with Crippen molar-refractivity contribution in [2.45, 2.75) is 37.6 Å². The Balaban J connectivity index is 1.87. The standard InChI is InChI=1S/C16H25NOS/c1-13(14-4-6-15(19-3)7-5-14)17-12-16(2)8-10-18-11-9-16/h4-7,13,17H,8-12H2,1-3H3. The van der Waals surface area contributed by atoms with Gasteiger partial charge in [0.1, 0.15) is 0 Å². The van der Waals surface area contributed by atoms with Crippen molar-refractivity contribution in [3.63, 3.8) is 0 Å². The van der Waals surface area contributed by atoms with Gasteiger partial charge in [-0.05, 0) is 49.1 Å². The number of thioether (sulfide) groups is 1. The average Bonchev–Trinajstić information content (AvgIpc) is 2.46. The Labute approximate surface area is 121 Å². The van der Waals surface area contributed by atoms with E-state index in [-0.39, 0.29) is 0 Å². The molecule has 1 N–H and O–H groups in total. The highest BCUT2D eigenvalue weighted by molar-refractivity contribution is 7.98. The third-order valence-corrected chi connectivity index (χ3v) is 4.89. The first-order chi connectivity index (χ1) is 9.13. The maximum Gasteiger partial charge on any atom is 0.0471 e. The van der Waals surface area contributed by atoms with Gasteiger partial charge in [-0.3, -0.25) is 0 Å². The Bertz CT molecular complexity index is 384. The summed E-state index contributed by atoms with van der Waals surface area (Å²) in [6, 6.07) is 9.28. The smallest absolute Gasteiger partial charge is 0.0471 e. The number of benzene rings is 1. The minimum absolute atomic E-state index is 0.395. The van der Waals surface area contributed by atoms with Gasteiger partial charge in [-0.1, -0.05) is 19.1 Å². The van der Waals surface area contributed by atoms with Gasteiger partial charge < -0.3 is 10.1 Å². The van der Waals surface area contributed by atoms with Crippen LogP contribution in [0, 0.1) is 5.41 Å². The van der Waals surface area contributed by atoms with E-state index in [1.165, 1.54) is 10.5 Å². The highest BCUT2D eigenvalue weighted by atomic mass is 32.2. The molecule has 19 heavy (non-hydrogen) atoms. The largest absolute Gasteiger partial charge is 0.381 e. The molecule has 1 unspecified atom stereocenters. The molecule has 1 aromatic rings. The number of hydrogen-bond donors (Lipinski definition) is 1. The Morgan fingerprint density at radius 2 is 1.89 bits per heavy atom. The quantitative estimate of drug-likeness (QED) is 0.827. The SMILES string of the molecule is CSc1ccc(C(C)NCC2(C)CCOCC2)cc1. The summed E-state index contributed by atoms with van der Waals surface area (Å²) in [5.74, 6) is 0. The van der Waals surface area contributed by atoms with E-state index in [0.29, 0.717) is 11.5 Å². The highest BCUT2D eigenvalue weighted by Gasteiger charge is 2.27. The van der Waals surface area contributed by atoms with Crippen LogP contribution in [0.2, 0.25) is 0 Å². The van der Waals surface area contributed by atoms with Crippen LogP contribution in [-0.2, 0) is 4.74 Å². The van der Waals surface area contributed by atoms with Gasteiger partial charge in [0, 0.05) is 30.7 Å². The van der Waals surface area contributed by atoms with Gasteiger partial charge in [-0.15, -0.1) is 11.8 Å². The fourth-order valence-electron chi connectivity index (χ4n) is 2.45. The lowest BCUT2D eigenvalue weighted by Gasteiger charge is -2.34. The van der Waals surface area contributed by atoms with E-state index < -0.39 is 0 Å². The van der Waals surface area contributed by atoms with Gasteiger partial charge >= 0.3 is 0 Å². The van der Waals surface area contributed by atoms with Crippen LogP contribution < -0.4 is 5.32 Å². The van der Waals surface area contributed by atoms with Crippen molar-refractivity contribution in [3.05, 3.63) is 29.8 Å². The van der Waals surface area contributed by atoms with Crippen molar-refractivity contribution in [1.82, 2.24) is 5.32 Å². The zero-order chi connectivity index (χ0) is 13.7. The predicted molar refractivity (Wildman–Crippen MR) is 82.8 cm³/mol. The molecule has 1 fully saturated rings. The first-order valence-corrected chi connectivity index (χ1v) is 8.30. The van der Waals surface area contributed by atoms with Gasteiger partial charge in [0.25, 0.3) is 0 Å². The zero-order valence-electron chi connectivity index (χ0n) is 12.2. The van der Waals surface area contributed by atoms with E-state index in [9.17, 15) is 0 Å². The van der Waals surface area contributed by atoms with E-state index >= 15 is 0 Å². The molecular weight excluding hydrogens is 254 g/mol. The predicted octanol–water partition coefficient (Wildman–Crippen LogP) is 3.88. The fourth-order valence-corrected chi connectivity index (χ4v) is 2.86. The van der Waals surface area contributed by atoms with E-state index in [1.54, 1.807) is 11.8 Å². The Kier molecular flexibility index (Phi) is 5.31. The molecule has 0 saturated carbocycles. The maximum absolute atomic E-state index is 5.45. The van der Waals surface area contributed by atoms with Crippen LogP contribution in [0.15, 0.2) is 29.2 Å². The van der Waals surface area contributed by atoms with Crippen LogP contribution in [0.5, 0.6) is 0 Å². The molecule has 1 aliphatic heterocycles. The number of ether oxygens (including phenoxy) is 1. The highest BCUT2D eigenvalue weighted by Crippen LogP contribution is 2.29. The summed E-state index contributed by atoms with van der Waals surface area (Å²) in [4.78, 5) is 1.33. The summed E-state index contributed by atoms with van der Waals surface area (Å²) in [6.45, 7) is 7.51. The molecule has 1 saturated heterocycles. The van der Waals surface area contributed by atoms with Crippen molar-refractivity contribution < 1.29 is 4.74 Å². The Hall–Kier alpha value is -0.510. The number of nitrogens with one attached hydrogen (secondary N) is 1. The molecule has 2 nitrogen and oxygen atoms in total. The van der Waals surface area contributed by atoms with Crippen molar-refractivity contribution in [1.29, 1.82) is 0 Å². The summed E-state index contributed by atoms with van der Waals surface area (Å²) in [6.07, 6.45) is 4.44. The second kappa shape index (κ2) is 6.78. The summed E-state index contributed by atoms with van der Waals surface area (Å²) >= 11 is 1.79. The molecule has 0 spiro atoms. The minimum Gasteiger partial charge on any atom is -0.381 e. The lowest BCUT2D eigenvalue weighted by atomic mass is 9.82. The Morgan fingerprint density at radius 3 is 2.47 bits per heavy atom. The molecule has 1 atom stereocenters. The molecule has 106 valence electrons. The van der Waals surface area contributed by atoms with E-state index in [1.807, 2.05) is 0 Å². The van der Waals surface area contributed by atoms with Crippen molar-refractivity contribution >= 4 is 11.8 Å². The number of rotatable bonds is 5. The summed E-state index contributed by atoms with van der Waals surface area (Å²) in [5.41, 5.74) is 1.76. The van der Waals surface area contributed by atoms with Gasteiger partial charge in [0.05, 0.1) is 0 Å². The van der Waals surface area contributed by atoms with Gasteiger partial charge in [0.2, 0.25) is 0 Å². The first-order valence-electron chi connectivity index (χ1n) is 7.08. The van der Waals surface area contributed by atoms with Crippen molar-refractivity contribution in [3.8, 4) is 0 Å². The summed E-state index contributed by atoms with van der Waals surface area (Å²) in [5, 5.41) is 3.68. The maximum atomic E-state index is 5.45. The third kappa shape index (κ3) is 4.23. The zero-order valence-corrected chi connectivity index (χ0v) is 13.1. The fraction of sp³-hybridized carbons (Fsp3) is 0.625. The average molecular weight is 279 g/mol. The molecule has 1 heterocycles. The van der Waals surface area contributed by atoms with Crippen LogP contribution in [0.4, 0.5) is 0 Å². The van der Waals surface area contributed by atoms with Gasteiger partial charge in [0.15, 0.2) is 0 Å². The van der Waals surface area contributed by atoms with Crippen LogP contribution in [0.1, 0.15) is 38.3 Å². The van der Waals surface area contributed by atoms with Crippen molar-refractivity contribution in [2.24, 2.45) is 5.41 Å². The van der Waals surface area contributed by atoms with Crippen LogP contribution in [0.3, 0.4) is 0 Å². The molecule has 0 amide bonds.